The first-order valence-corrected chi connectivity index (χ1v) is 8.38. The predicted octanol–water partition coefficient (Wildman–Crippen LogP) is 3.48. The smallest absolute Gasteiger partial charge is 0.340 e. The number of carbonyl (C=O) groups is 3. The molecule has 3 N–H and O–H groups in total. The molecule has 0 bridgehead atoms. The van der Waals surface area contributed by atoms with Gasteiger partial charge >= 0.3 is 5.97 Å². The maximum absolute atomic E-state index is 13.5. The van der Waals surface area contributed by atoms with Crippen LogP contribution in [0.4, 0.5) is 9.39 Å². The third-order valence-electron chi connectivity index (χ3n) is 3.05. The Kier molecular flexibility index (Phi) is 5.99. The molecule has 25 heavy (non-hydrogen) atoms. The second-order valence-electron chi connectivity index (χ2n) is 4.81. The lowest BCUT2D eigenvalue weighted by Crippen LogP contribution is -2.30. The number of rotatable bonds is 5. The molecule has 1 atom stereocenters. The second kappa shape index (κ2) is 7.81. The normalized spacial score (nSPS) is 11.7. The van der Waals surface area contributed by atoms with Crippen LogP contribution in [0.5, 0.6) is 0 Å². The summed E-state index contributed by atoms with van der Waals surface area (Å²) < 4.78 is 18.4. The minimum Gasteiger partial charge on any atom is -0.449 e. The summed E-state index contributed by atoms with van der Waals surface area (Å²) in [5, 5.41) is 3.88. The summed E-state index contributed by atoms with van der Waals surface area (Å²) in [6.45, 7) is 1.31. The maximum Gasteiger partial charge on any atom is 0.340 e. The number of benzene rings is 1. The van der Waals surface area contributed by atoms with Gasteiger partial charge in [-0.1, -0.05) is 23.2 Å². The third kappa shape index (κ3) is 4.47. The number of amides is 2. The van der Waals surface area contributed by atoms with Gasteiger partial charge in [0.05, 0.1) is 21.2 Å². The number of nitrogens with one attached hydrogen (secondary N) is 1. The average molecular weight is 405 g/mol. The molecule has 0 aliphatic carbocycles. The van der Waals surface area contributed by atoms with Crippen LogP contribution < -0.4 is 11.1 Å². The van der Waals surface area contributed by atoms with Crippen molar-refractivity contribution in [3.05, 3.63) is 50.6 Å². The largest absolute Gasteiger partial charge is 0.449 e. The predicted molar refractivity (Wildman–Crippen MR) is 92.8 cm³/mol. The van der Waals surface area contributed by atoms with E-state index >= 15 is 0 Å². The molecule has 132 valence electrons. The van der Waals surface area contributed by atoms with Gasteiger partial charge in [0.15, 0.2) is 6.10 Å². The van der Waals surface area contributed by atoms with Crippen molar-refractivity contribution in [2.45, 2.75) is 13.0 Å². The minimum absolute atomic E-state index is 0.113. The average Bonchev–Trinajstić information content (AvgIpc) is 2.98. The van der Waals surface area contributed by atoms with Crippen molar-refractivity contribution in [3.63, 3.8) is 0 Å². The molecular formula is C15H11Cl2FN2O4S. The Morgan fingerprint density at radius 2 is 1.92 bits per heavy atom. The van der Waals surface area contributed by atoms with E-state index in [9.17, 15) is 18.8 Å². The van der Waals surface area contributed by atoms with E-state index < -0.39 is 29.7 Å². The SMILES string of the molecule is C[C@@H](OC(=O)c1cc(F)c(Cl)cc1Cl)C(=O)Nc1sccc1C(N)=O. The van der Waals surface area contributed by atoms with E-state index in [0.29, 0.717) is 0 Å². The van der Waals surface area contributed by atoms with E-state index in [-0.39, 0.29) is 26.2 Å². The highest BCUT2D eigenvalue weighted by atomic mass is 35.5. The lowest BCUT2D eigenvalue weighted by Gasteiger charge is -2.14. The van der Waals surface area contributed by atoms with E-state index in [4.69, 9.17) is 33.7 Å². The van der Waals surface area contributed by atoms with E-state index in [2.05, 4.69) is 5.32 Å². The van der Waals surface area contributed by atoms with Gasteiger partial charge in [0, 0.05) is 0 Å². The number of anilines is 1. The van der Waals surface area contributed by atoms with Crippen molar-refractivity contribution in [3.8, 4) is 0 Å². The fraction of sp³-hybridized carbons (Fsp3) is 0.133. The van der Waals surface area contributed by atoms with Crippen molar-refractivity contribution in [2.75, 3.05) is 5.32 Å². The molecule has 0 aliphatic rings. The summed E-state index contributed by atoms with van der Waals surface area (Å²) in [6, 6.07) is 3.34. The molecule has 0 saturated heterocycles. The highest BCUT2D eigenvalue weighted by Crippen LogP contribution is 2.26. The zero-order valence-corrected chi connectivity index (χ0v) is 15.0. The zero-order chi connectivity index (χ0) is 18.7. The monoisotopic (exact) mass is 404 g/mol. The third-order valence-corrected chi connectivity index (χ3v) is 4.48. The molecule has 1 aromatic carbocycles. The van der Waals surface area contributed by atoms with E-state index in [1.54, 1.807) is 5.38 Å². The summed E-state index contributed by atoms with van der Waals surface area (Å²) in [6.07, 6.45) is -1.23. The molecule has 0 saturated carbocycles. The number of esters is 1. The minimum atomic E-state index is -1.23. The molecule has 0 aliphatic heterocycles. The lowest BCUT2D eigenvalue weighted by molar-refractivity contribution is -0.123. The molecule has 0 unspecified atom stereocenters. The quantitative estimate of drug-likeness (QED) is 0.588. The van der Waals surface area contributed by atoms with Crippen LogP contribution in [0.3, 0.4) is 0 Å². The molecule has 0 spiro atoms. The summed E-state index contributed by atoms with van der Waals surface area (Å²) in [5.41, 5.74) is 5.05. The molecule has 2 rings (SSSR count). The van der Waals surface area contributed by atoms with Crippen molar-refractivity contribution >= 4 is 57.3 Å². The molecule has 0 fully saturated rings. The highest BCUT2D eigenvalue weighted by Gasteiger charge is 2.23. The molecular weight excluding hydrogens is 394 g/mol. The molecule has 6 nitrogen and oxygen atoms in total. The zero-order valence-electron chi connectivity index (χ0n) is 12.6. The molecule has 2 amide bonds. The van der Waals surface area contributed by atoms with Crippen molar-refractivity contribution in [2.24, 2.45) is 5.73 Å². The molecule has 0 radical (unpaired) electrons. The Balaban J connectivity index is 2.08. The first-order valence-electron chi connectivity index (χ1n) is 6.74. The van der Waals surface area contributed by atoms with E-state index in [0.717, 1.165) is 23.5 Å². The highest BCUT2D eigenvalue weighted by molar-refractivity contribution is 7.14. The van der Waals surface area contributed by atoms with Crippen LogP contribution in [-0.4, -0.2) is 23.9 Å². The number of nitrogens with two attached hydrogens (primary N) is 1. The van der Waals surface area contributed by atoms with Crippen LogP contribution in [0.15, 0.2) is 23.6 Å². The van der Waals surface area contributed by atoms with Gasteiger partial charge in [0.2, 0.25) is 0 Å². The van der Waals surface area contributed by atoms with Gasteiger partial charge in [0.25, 0.3) is 11.8 Å². The van der Waals surface area contributed by atoms with Gasteiger partial charge in [-0.25, -0.2) is 9.18 Å². The maximum atomic E-state index is 13.5. The lowest BCUT2D eigenvalue weighted by atomic mass is 10.2. The van der Waals surface area contributed by atoms with E-state index in [1.807, 2.05) is 0 Å². The van der Waals surface area contributed by atoms with Crippen molar-refractivity contribution < 1.29 is 23.5 Å². The number of hydrogen-bond acceptors (Lipinski definition) is 5. The topological polar surface area (TPSA) is 98.5 Å². The molecule has 2 aromatic rings. The summed E-state index contributed by atoms with van der Waals surface area (Å²) >= 11 is 12.5. The summed E-state index contributed by atoms with van der Waals surface area (Å²) in [4.78, 5) is 35.4. The number of primary amides is 1. The fourth-order valence-corrected chi connectivity index (χ4v) is 3.03. The Bertz CT molecular complexity index is 856. The molecule has 1 heterocycles. The number of thiophene rings is 1. The summed E-state index contributed by atoms with van der Waals surface area (Å²) in [7, 11) is 0. The fourth-order valence-electron chi connectivity index (χ4n) is 1.77. The van der Waals surface area contributed by atoms with Crippen LogP contribution in [0.25, 0.3) is 0 Å². The Morgan fingerprint density at radius 3 is 2.56 bits per heavy atom. The number of halogens is 3. The standard InChI is InChI=1S/C15H11Cl2FN2O4S/c1-6(13(22)20-14-7(12(19)21)2-3-25-14)24-15(23)8-4-11(18)10(17)5-9(8)16/h2-6H,1H3,(H2,19,21)(H,20,22)/t6-/m1/s1. The molecule has 10 heteroatoms. The van der Waals surface area contributed by atoms with Crippen LogP contribution in [0, 0.1) is 5.82 Å². The van der Waals surface area contributed by atoms with Gasteiger partial charge in [-0.2, -0.15) is 0 Å². The van der Waals surface area contributed by atoms with E-state index in [1.165, 1.54) is 13.0 Å². The van der Waals surface area contributed by atoms with Gasteiger partial charge in [0.1, 0.15) is 10.8 Å². The van der Waals surface area contributed by atoms with Crippen LogP contribution in [0.2, 0.25) is 10.0 Å². The Labute approximate surface area is 155 Å². The van der Waals surface area contributed by atoms with Crippen LogP contribution >= 0.6 is 34.5 Å². The van der Waals surface area contributed by atoms with Crippen molar-refractivity contribution in [1.29, 1.82) is 0 Å². The Hall–Kier alpha value is -2.16. The second-order valence-corrected chi connectivity index (χ2v) is 6.54. The number of ether oxygens (including phenoxy) is 1. The van der Waals surface area contributed by atoms with Gasteiger partial charge in [-0.15, -0.1) is 11.3 Å². The Morgan fingerprint density at radius 1 is 1.24 bits per heavy atom. The molecule has 1 aromatic heterocycles. The van der Waals surface area contributed by atoms with Gasteiger partial charge < -0.3 is 15.8 Å². The van der Waals surface area contributed by atoms with Gasteiger partial charge in [-0.05, 0) is 30.5 Å². The first kappa shape index (κ1) is 19.2. The number of carbonyl (C=O) groups excluding carboxylic acids is 3. The van der Waals surface area contributed by atoms with Crippen molar-refractivity contribution in [1.82, 2.24) is 0 Å². The summed E-state index contributed by atoms with van der Waals surface area (Å²) in [5.74, 6) is -3.24. The van der Waals surface area contributed by atoms with Crippen LogP contribution in [-0.2, 0) is 9.53 Å². The van der Waals surface area contributed by atoms with Gasteiger partial charge in [-0.3, -0.25) is 9.59 Å². The van der Waals surface area contributed by atoms with Crippen LogP contribution in [0.1, 0.15) is 27.6 Å². The first-order chi connectivity index (χ1) is 11.7. The number of hydrogen-bond donors (Lipinski definition) is 2.